The number of amides is 2. The van der Waals surface area contributed by atoms with Crippen molar-refractivity contribution >= 4 is 29.4 Å². The number of halogens is 1. The van der Waals surface area contributed by atoms with Crippen molar-refractivity contribution in [2.24, 2.45) is 5.92 Å². The Morgan fingerprint density at radius 3 is 2.41 bits per heavy atom. The Morgan fingerprint density at radius 1 is 1.11 bits per heavy atom. The number of imide groups is 1. The van der Waals surface area contributed by atoms with Gasteiger partial charge in [-0.05, 0) is 43.0 Å². The highest BCUT2D eigenvalue weighted by Crippen LogP contribution is 2.23. The van der Waals surface area contributed by atoms with Crippen LogP contribution in [0.5, 0.6) is 0 Å². The summed E-state index contributed by atoms with van der Waals surface area (Å²) in [5.74, 6) is -1.73. The third-order valence-corrected chi connectivity index (χ3v) is 4.91. The lowest BCUT2D eigenvalue weighted by Crippen LogP contribution is -2.45. The predicted octanol–water partition coefficient (Wildman–Crippen LogP) is 3.68. The molecule has 0 unspecified atom stereocenters. The van der Waals surface area contributed by atoms with Crippen LogP contribution in [0, 0.1) is 5.92 Å². The smallest absolute Gasteiger partial charge is 0.417 e. The van der Waals surface area contributed by atoms with Crippen molar-refractivity contribution < 1.29 is 19.1 Å². The molecule has 1 aliphatic rings. The molecule has 3 rings (SSSR count). The standard InChI is InChI=1S/C21H20ClNO4/c1-14(24)19(12-16-7-9-17(22)10-8-16)20(25)23-18(13-27-21(23)26)11-15-5-3-2-4-6-15/h2-10,18-19H,11-13H2,1H3/t18-,19+/m0/s1. The van der Waals surface area contributed by atoms with Gasteiger partial charge in [0.25, 0.3) is 0 Å². The van der Waals surface area contributed by atoms with Crippen LogP contribution in [0.3, 0.4) is 0 Å². The lowest BCUT2D eigenvalue weighted by molar-refractivity contribution is -0.138. The second-order valence-corrected chi connectivity index (χ2v) is 7.06. The van der Waals surface area contributed by atoms with Gasteiger partial charge >= 0.3 is 6.09 Å². The first-order valence-corrected chi connectivity index (χ1v) is 9.12. The summed E-state index contributed by atoms with van der Waals surface area (Å²) in [6.07, 6.45) is 0.0140. The Balaban J connectivity index is 1.79. The quantitative estimate of drug-likeness (QED) is 0.711. The van der Waals surface area contributed by atoms with E-state index < -0.39 is 24.0 Å². The zero-order chi connectivity index (χ0) is 19.4. The monoisotopic (exact) mass is 385 g/mol. The van der Waals surface area contributed by atoms with Crippen LogP contribution in [0.1, 0.15) is 18.1 Å². The summed E-state index contributed by atoms with van der Waals surface area (Å²) >= 11 is 5.89. The van der Waals surface area contributed by atoms with Crippen LogP contribution in [-0.2, 0) is 27.2 Å². The molecule has 1 heterocycles. The molecular formula is C21H20ClNO4. The van der Waals surface area contributed by atoms with Crippen LogP contribution in [0.4, 0.5) is 4.79 Å². The summed E-state index contributed by atoms with van der Waals surface area (Å²) in [6, 6.07) is 16.1. The Hall–Kier alpha value is -2.66. The van der Waals surface area contributed by atoms with Gasteiger partial charge < -0.3 is 4.74 Å². The summed E-state index contributed by atoms with van der Waals surface area (Å²) in [6.45, 7) is 1.50. The summed E-state index contributed by atoms with van der Waals surface area (Å²) in [4.78, 5) is 38.5. The Bertz CT molecular complexity index is 835. The van der Waals surface area contributed by atoms with E-state index in [9.17, 15) is 14.4 Å². The SMILES string of the molecule is CC(=O)[C@@H](Cc1ccc(Cl)cc1)C(=O)N1C(=O)OC[C@@H]1Cc1ccccc1. The molecule has 0 bridgehead atoms. The zero-order valence-corrected chi connectivity index (χ0v) is 15.7. The van der Waals surface area contributed by atoms with Crippen LogP contribution < -0.4 is 0 Å². The Labute approximate surface area is 162 Å². The minimum Gasteiger partial charge on any atom is -0.447 e. The molecule has 6 heteroatoms. The van der Waals surface area contributed by atoms with E-state index >= 15 is 0 Å². The number of carbonyl (C=O) groups excluding carboxylic acids is 3. The number of benzene rings is 2. The molecule has 27 heavy (non-hydrogen) atoms. The van der Waals surface area contributed by atoms with Crippen LogP contribution in [0.2, 0.25) is 5.02 Å². The number of carbonyl (C=O) groups is 3. The minimum absolute atomic E-state index is 0.130. The molecule has 2 amide bonds. The third-order valence-electron chi connectivity index (χ3n) is 4.65. The van der Waals surface area contributed by atoms with E-state index in [1.54, 1.807) is 24.3 Å². The van der Waals surface area contributed by atoms with Crippen molar-refractivity contribution in [1.29, 1.82) is 0 Å². The first kappa shape index (κ1) is 19.1. The van der Waals surface area contributed by atoms with Gasteiger partial charge in [0, 0.05) is 5.02 Å². The largest absolute Gasteiger partial charge is 0.447 e. The number of hydrogen-bond donors (Lipinski definition) is 0. The van der Waals surface area contributed by atoms with E-state index in [1.807, 2.05) is 30.3 Å². The molecule has 1 fully saturated rings. The first-order valence-electron chi connectivity index (χ1n) is 8.74. The van der Waals surface area contributed by atoms with E-state index in [2.05, 4.69) is 0 Å². The highest BCUT2D eigenvalue weighted by atomic mass is 35.5. The molecule has 2 aromatic rings. The number of ether oxygens (including phenoxy) is 1. The topological polar surface area (TPSA) is 63.7 Å². The van der Waals surface area contributed by atoms with Crippen LogP contribution in [0.15, 0.2) is 54.6 Å². The fourth-order valence-electron chi connectivity index (χ4n) is 3.20. The number of hydrogen-bond acceptors (Lipinski definition) is 4. The van der Waals surface area contributed by atoms with Gasteiger partial charge in [-0.3, -0.25) is 9.59 Å². The van der Waals surface area contributed by atoms with Gasteiger partial charge in [-0.1, -0.05) is 54.1 Å². The van der Waals surface area contributed by atoms with E-state index in [0.717, 1.165) is 16.0 Å². The molecule has 0 radical (unpaired) electrons. The number of Topliss-reactive ketones (excluding diaryl/α,β-unsaturated/α-hetero) is 1. The van der Waals surface area contributed by atoms with E-state index in [-0.39, 0.29) is 18.8 Å². The fourth-order valence-corrected chi connectivity index (χ4v) is 3.32. The number of nitrogens with zero attached hydrogens (tertiary/aromatic N) is 1. The van der Waals surface area contributed by atoms with Crippen molar-refractivity contribution in [2.45, 2.75) is 25.8 Å². The molecule has 1 aliphatic heterocycles. The third kappa shape index (κ3) is 4.55. The summed E-state index contributed by atoms with van der Waals surface area (Å²) in [7, 11) is 0. The van der Waals surface area contributed by atoms with Crippen molar-refractivity contribution in [3.05, 3.63) is 70.7 Å². The molecule has 0 aromatic heterocycles. The van der Waals surface area contributed by atoms with Crippen LogP contribution in [-0.4, -0.2) is 35.3 Å². The second kappa shape index (κ2) is 8.35. The van der Waals surface area contributed by atoms with Gasteiger partial charge in [-0.15, -0.1) is 0 Å². The van der Waals surface area contributed by atoms with Gasteiger partial charge in [-0.25, -0.2) is 9.69 Å². The molecule has 2 atom stereocenters. The first-order chi connectivity index (χ1) is 13.0. The molecule has 0 N–H and O–H groups in total. The lowest BCUT2D eigenvalue weighted by Gasteiger charge is -2.24. The molecule has 0 aliphatic carbocycles. The summed E-state index contributed by atoms with van der Waals surface area (Å²) < 4.78 is 5.10. The molecule has 0 saturated carbocycles. The van der Waals surface area contributed by atoms with E-state index in [4.69, 9.17) is 16.3 Å². The van der Waals surface area contributed by atoms with Crippen molar-refractivity contribution in [3.63, 3.8) is 0 Å². The maximum absolute atomic E-state index is 13.0. The van der Waals surface area contributed by atoms with Crippen molar-refractivity contribution in [2.75, 3.05) is 6.61 Å². The van der Waals surface area contributed by atoms with E-state index in [1.165, 1.54) is 6.92 Å². The Kier molecular flexibility index (Phi) is 5.91. The number of ketones is 1. The fraction of sp³-hybridized carbons (Fsp3) is 0.286. The van der Waals surface area contributed by atoms with Crippen molar-refractivity contribution in [3.8, 4) is 0 Å². The molecule has 5 nitrogen and oxygen atoms in total. The van der Waals surface area contributed by atoms with Gasteiger partial charge in [0.05, 0.1) is 6.04 Å². The lowest BCUT2D eigenvalue weighted by atomic mass is 9.93. The van der Waals surface area contributed by atoms with Gasteiger partial charge in [0.15, 0.2) is 0 Å². The highest BCUT2D eigenvalue weighted by molar-refractivity contribution is 6.30. The maximum Gasteiger partial charge on any atom is 0.417 e. The van der Waals surface area contributed by atoms with Crippen LogP contribution >= 0.6 is 11.6 Å². The number of cyclic esters (lactones) is 1. The van der Waals surface area contributed by atoms with Gasteiger partial charge in [-0.2, -0.15) is 0 Å². The van der Waals surface area contributed by atoms with Crippen LogP contribution in [0.25, 0.3) is 0 Å². The Morgan fingerprint density at radius 2 is 1.78 bits per heavy atom. The van der Waals surface area contributed by atoms with Crippen molar-refractivity contribution in [1.82, 2.24) is 4.90 Å². The van der Waals surface area contributed by atoms with Gasteiger partial charge in [0.2, 0.25) is 5.91 Å². The maximum atomic E-state index is 13.0. The summed E-state index contributed by atoms with van der Waals surface area (Å²) in [5.41, 5.74) is 1.80. The van der Waals surface area contributed by atoms with E-state index in [0.29, 0.717) is 11.4 Å². The van der Waals surface area contributed by atoms with Gasteiger partial charge in [0.1, 0.15) is 18.3 Å². The highest BCUT2D eigenvalue weighted by Gasteiger charge is 2.42. The zero-order valence-electron chi connectivity index (χ0n) is 14.9. The average molecular weight is 386 g/mol. The molecule has 1 saturated heterocycles. The molecule has 140 valence electrons. The normalized spacial score (nSPS) is 17.5. The molecule has 0 spiro atoms. The summed E-state index contributed by atoms with van der Waals surface area (Å²) in [5, 5.41) is 0.579. The predicted molar refractivity (Wildman–Crippen MR) is 101 cm³/mol. The minimum atomic E-state index is -0.935. The average Bonchev–Trinajstić information content (AvgIpc) is 3.01. The molecular weight excluding hydrogens is 366 g/mol. The molecule has 2 aromatic carbocycles. The number of rotatable bonds is 6. The second-order valence-electron chi connectivity index (χ2n) is 6.62.